The molecule has 0 bridgehead atoms. The van der Waals surface area contributed by atoms with Crippen LogP contribution in [0.5, 0.6) is 0 Å². The molecule has 4 nitrogen and oxygen atoms in total. The van der Waals surface area contributed by atoms with E-state index < -0.39 is 0 Å². The lowest BCUT2D eigenvalue weighted by Crippen LogP contribution is -2.30. The Balaban J connectivity index is 2.19. The molecule has 2 atom stereocenters. The fourth-order valence-electron chi connectivity index (χ4n) is 2.48. The first-order valence-corrected chi connectivity index (χ1v) is 6.57. The number of nitrogens with zero attached hydrogens (tertiary/aromatic N) is 2. The number of halogens is 1. The number of hydrogen-bond acceptors (Lipinski definition) is 4. The summed E-state index contributed by atoms with van der Waals surface area (Å²) in [5.41, 5.74) is 6.98. The highest BCUT2D eigenvalue weighted by atomic mass is 35.5. The molecule has 3 N–H and O–H groups in total. The highest BCUT2D eigenvalue weighted by Crippen LogP contribution is 2.30. The van der Waals surface area contributed by atoms with Crippen LogP contribution < -0.4 is 11.1 Å². The zero-order chi connectivity index (χ0) is 13.1. The van der Waals surface area contributed by atoms with E-state index in [4.69, 9.17) is 22.6 Å². The highest BCUT2D eigenvalue weighted by molar-refractivity contribution is 6.33. The lowest BCUT2D eigenvalue weighted by molar-refractivity contribution is 0.515. The minimum absolute atomic E-state index is 0.340. The van der Waals surface area contributed by atoms with Crippen molar-refractivity contribution < 1.29 is 0 Å². The summed E-state index contributed by atoms with van der Waals surface area (Å²) >= 11 is 6.14. The fraction of sp³-hybridized carbons (Fsp3) is 0.538. The van der Waals surface area contributed by atoms with Gasteiger partial charge in [0.1, 0.15) is 11.9 Å². The van der Waals surface area contributed by atoms with E-state index in [9.17, 15) is 0 Å². The average molecular weight is 265 g/mol. The van der Waals surface area contributed by atoms with Crippen LogP contribution in [-0.2, 0) is 0 Å². The topological polar surface area (TPSA) is 74.7 Å². The van der Waals surface area contributed by atoms with Crippen molar-refractivity contribution in [3.63, 3.8) is 0 Å². The molecule has 18 heavy (non-hydrogen) atoms. The van der Waals surface area contributed by atoms with Gasteiger partial charge in [-0.15, -0.1) is 0 Å². The number of nitrogens with two attached hydrogens (primary N) is 1. The minimum atomic E-state index is 0.340. The van der Waals surface area contributed by atoms with Crippen molar-refractivity contribution in [3.05, 3.63) is 22.3 Å². The van der Waals surface area contributed by atoms with Gasteiger partial charge in [0.25, 0.3) is 0 Å². The molecule has 96 valence electrons. The maximum absolute atomic E-state index is 8.91. The van der Waals surface area contributed by atoms with Crippen LogP contribution in [0.4, 0.5) is 5.82 Å². The molecular formula is C13H17ClN4. The summed E-state index contributed by atoms with van der Waals surface area (Å²) in [6.45, 7) is 2.50. The Bertz CT molecular complexity index is 481. The molecule has 0 spiro atoms. The van der Waals surface area contributed by atoms with Crippen LogP contribution in [-0.4, -0.2) is 17.6 Å². The van der Waals surface area contributed by atoms with Gasteiger partial charge < -0.3 is 11.1 Å². The Morgan fingerprint density at radius 3 is 3.06 bits per heavy atom. The second-order valence-corrected chi connectivity index (χ2v) is 5.15. The van der Waals surface area contributed by atoms with E-state index in [2.05, 4.69) is 16.4 Å². The molecular weight excluding hydrogens is 248 g/mol. The third-order valence-corrected chi connectivity index (χ3v) is 3.86. The summed E-state index contributed by atoms with van der Waals surface area (Å²) in [5, 5.41) is 12.8. The normalized spacial score (nSPS) is 22.8. The molecule has 0 aliphatic heterocycles. The number of hydrogen-bond donors (Lipinski definition) is 2. The molecule has 1 aliphatic carbocycles. The van der Waals surface area contributed by atoms with Crippen molar-refractivity contribution in [1.29, 1.82) is 5.26 Å². The standard InChI is InChI=1S/C13H17ClN4/c1-8-10(7-16)5-11(14)13(17-8)18-12-4-2-3-9(12)6-15/h5,9,12H,2-4,6,15H2,1H3,(H,17,18). The molecule has 0 aromatic carbocycles. The van der Waals surface area contributed by atoms with Crippen molar-refractivity contribution in [2.24, 2.45) is 11.7 Å². The SMILES string of the molecule is Cc1nc(NC2CCCC2CN)c(Cl)cc1C#N. The predicted octanol–water partition coefficient (Wildman–Crippen LogP) is 2.45. The summed E-state index contributed by atoms with van der Waals surface area (Å²) < 4.78 is 0. The lowest BCUT2D eigenvalue weighted by Gasteiger charge is -2.21. The van der Waals surface area contributed by atoms with Gasteiger partial charge in [-0.1, -0.05) is 18.0 Å². The van der Waals surface area contributed by atoms with Crippen molar-refractivity contribution in [2.75, 3.05) is 11.9 Å². The summed E-state index contributed by atoms with van der Waals surface area (Å²) in [6, 6.07) is 4.09. The monoisotopic (exact) mass is 264 g/mol. The largest absolute Gasteiger partial charge is 0.366 e. The molecule has 1 aliphatic rings. The maximum atomic E-state index is 8.91. The van der Waals surface area contributed by atoms with E-state index in [1.807, 2.05) is 6.92 Å². The summed E-state index contributed by atoms with van der Waals surface area (Å²) in [5.74, 6) is 1.15. The van der Waals surface area contributed by atoms with Gasteiger partial charge in [-0.05, 0) is 38.3 Å². The number of pyridine rings is 1. The van der Waals surface area contributed by atoms with Gasteiger partial charge in [0.15, 0.2) is 0 Å². The molecule has 0 radical (unpaired) electrons. The van der Waals surface area contributed by atoms with Crippen LogP contribution in [0.2, 0.25) is 5.02 Å². The second-order valence-electron chi connectivity index (χ2n) is 4.74. The number of rotatable bonds is 3. The van der Waals surface area contributed by atoms with Crippen LogP contribution in [0.25, 0.3) is 0 Å². The molecule has 1 heterocycles. The van der Waals surface area contributed by atoms with Crippen LogP contribution in [0, 0.1) is 24.2 Å². The molecule has 0 amide bonds. The van der Waals surface area contributed by atoms with Gasteiger partial charge >= 0.3 is 0 Å². The van der Waals surface area contributed by atoms with Crippen LogP contribution in [0.15, 0.2) is 6.07 Å². The van der Waals surface area contributed by atoms with E-state index in [0.29, 0.717) is 40.6 Å². The Kier molecular flexibility index (Phi) is 4.05. The van der Waals surface area contributed by atoms with E-state index >= 15 is 0 Å². The summed E-state index contributed by atoms with van der Waals surface area (Å²) in [7, 11) is 0. The quantitative estimate of drug-likeness (QED) is 0.879. The minimum Gasteiger partial charge on any atom is -0.366 e. The molecule has 1 aromatic rings. The number of anilines is 1. The fourth-order valence-corrected chi connectivity index (χ4v) is 2.69. The maximum Gasteiger partial charge on any atom is 0.145 e. The van der Waals surface area contributed by atoms with Crippen LogP contribution in [0.1, 0.15) is 30.5 Å². The molecule has 1 fully saturated rings. The number of nitrogens with one attached hydrogen (secondary N) is 1. The van der Waals surface area contributed by atoms with Gasteiger partial charge in [-0.2, -0.15) is 5.26 Å². The Hall–Kier alpha value is -1.31. The van der Waals surface area contributed by atoms with E-state index in [0.717, 1.165) is 12.8 Å². The molecule has 5 heteroatoms. The zero-order valence-electron chi connectivity index (χ0n) is 10.4. The molecule has 1 saturated carbocycles. The van der Waals surface area contributed by atoms with Crippen molar-refractivity contribution >= 4 is 17.4 Å². The first-order chi connectivity index (χ1) is 8.65. The van der Waals surface area contributed by atoms with Gasteiger partial charge in [0.2, 0.25) is 0 Å². The van der Waals surface area contributed by atoms with E-state index in [1.165, 1.54) is 6.42 Å². The zero-order valence-corrected chi connectivity index (χ0v) is 11.2. The van der Waals surface area contributed by atoms with Crippen molar-refractivity contribution in [2.45, 2.75) is 32.2 Å². The smallest absolute Gasteiger partial charge is 0.145 e. The number of aromatic nitrogens is 1. The third kappa shape index (κ3) is 2.58. The molecule has 2 unspecified atom stereocenters. The predicted molar refractivity (Wildman–Crippen MR) is 72.5 cm³/mol. The van der Waals surface area contributed by atoms with Gasteiger partial charge in [-0.25, -0.2) is 4.98 Å². The van der Waals surface area contributed by atoms with Gasteiger partial charge in [0.05, 0.1) is 16.3 Å². The first kappa shape index (κ1) is 13.1. The second kappa shape index (κ2) is 5.55. The number of nitriles is 1. The Labute approximate surface area is 112 Å². The van der Waals surface area contributed by atoms with E-state index in [-0.39, 0.29) is 0 Å². The average Bonchev–Trinajstić information content (AvgIpc) is 2.80. The first-order valence-electron chi connectivity index (χ1n) is 6.19. The van der Waals surface area contributed by atoms with Crippen LogP contribution in [0.3, 0.4) is 0 Å². The molecule has 1 aromatic heterocycles. The van der Waals surface area contributed by atoms with E-state index in [1.54, 1.807) is 6.07 Å². The van der Waals surface area contributed by atoms with Crippen molar-refractivity contribution in [1.82, 2.24) is 4.98 Å². The lowest BCUT2D eigenvalue weighted by atomic mass is 10.0. The van der Waals surface area contributed by atoms with Gasteiger partial charge in [0, 0.05) is 6.04 Å². The number of aryl methyl sites for hydroxylation is 1. The summed E-state index contributed by atoms with van der Waals surface area (Å²) in [4.78, 5) is 4.37. The Morgan fingerprint density at radius 2 is 2.39 bits per heavy atom. The third-order valence-electron chi connectivity index (χ3n) is 3.57. The Morgan fingerprint density at radius 1 is 1.61 bits per heavy atom. The van der Waals surface area contributed by atoms with Crippen molar-refractivity contribution in [3.8, 4) is 6.07 Å². The van der Waals surface area contributed by atoms with Crippen LogP contribution >= 0.6 is 11.6 Å². The molecule has 2 rings (SSSR count). The highest BCUT2D eigenvalue weighted by Gasteiger charge is 2.26. The van der Waals surface area contributed by atoms with Gasteiger partial charge in [-0.3, -0.25) is 0 Å². The summed E-state index contributed by atoms with van der Waals surface area (Å²) in [6.07, 6.45) is 3.44. The molecule has 0 saturated heterocycles.